The Morgan fingerprint density at radius 2 is 1.81 bits per heavy atom. The van der Waals surface area contributed by atoms with Crippen LogP contribution in [0, 0.1) is 0 Å². The fourth-order valence-corrected chi connectivity index (χ4v) is 4.01. The van der Waals surface area contributed by atoms with Crippen LogP contribution in [0.1, 0.15) is 24.9 Å². The van der Waals surface area contributed by atoms with Crippen LogP contribution in [0.15, 0.2) is 44.9 Å². The fourth-order valence-electron chi connectivity index (χ4n) is 2.55. The Morgan fingerprint density at radius 1 is 1.19 bits per heavy atom. The third-order valence-corrected chi connectivity index (χ3v) is 5.37. The Kier molecular flexibility index (Phi) is 6.16. The highest BCUT2D eigenvalue weighted by Crippen LogP contribution is 2.29. The minimum absolute atomic E-state index is 0.171. The largest absolute Gasteiger partial charge is 0.434 e. The van der Waals surface area contributed by atoms with E-state index in [4.69, 9.17) is 0 Å². The standard InChI is InChI=1S/C16H19F2N3O5S/c1-4-11(10-7-5-6-8-12(10)26-15(17)18)19-27(24,25)13-9-20(2)16(23)21(3)14(13)22/h5-9,11,15,19H,4H2,1-3H3. The molecule has 1 atom stereocenters. The average molecular weight is 403 g/mol. The highest BCUT2D eigenvalue weighted by molar-refractivity contribution is 7.89. The molecule has 11 heteroatoms. The van der Waals surface area contributed by atoms with E-state index < -0.39 is 38.8 Å². The monoisotopic (exact) mass is 403 g/mol. The predicted molar refractivity (Wildman–Crippen MR) is 93.4 cm³/mol. The quantitative estimate of drug-likeness (QED) is 0.747. The van der Waals surface area contributed by atoms with Gasteiger partial charge < -0.3 is 9.30 Å². The SMILES string of the molecule is CCC(NS(=O)(=O)c1cn(C)c(=O)n(C)c1=O)c1ccccc1OC(F)F. The molecule has 1 unspecified atom stereocenters. The van der Waals surface area contributed by atoms with E-state index in [1.165, 1.54) is 25.2 Å². The first-order valence-electron chi connectivity index (χ1n) is 7.91. The summed E-state index contributed by atoms with van der Waals surface area (Å²) in [6.45, 7) is -1.43. The van der Waals surface area contributed by atoms with Crippen LogP contribution < -0.4 is 20.7 Å². The smallest absolute Gasteiger partial charge is 0.387 e. The maximum absolute atomic E-state index is 12.7. The lowest BCUT2D eigenvalue weighted by Gasteiger charge is -2.20. The lowest BCUT2D eigenvalue weighted by molar-refractivity contribution is -0.0506. The van der Waals surface area contributed by atoms with Crippen molar-refractivity contribution in [1.82, 2.24) is 13.9 Å². The molecule has 1 N–H and O–H groups in total. The molecule has 0 bridgehead atoms. The van der Waals surface area contributed by atoms with E-state index in [0.29, 0.717) is 4.57 Å². The third kappa shape index (κ3) is 4.42. The predicted octanol–water partition coefficient (Wildman–Crippen LogP) is 1.12. The number of rotatable bonds is 7. The highest BCUT2D eigenvalue weighted by Gasteiger charge is 2.27. The van der Waals surface area contributed by atoms with Crippen molar-refractivity contribution in [2.45, 2.75) is 30.9 Å². The third-order valence-electron chi connectivity index (χ3n) is 3.92. The summed E-state index contributed by atoms with van der Waals surface area (Å²) in [5.74, 6) is -0.171. The maximum atomic E-state index is 12.7. The van der Waals surface area contributed by atoms with Gasteiger partial charge in [-0.2, -0.15) is 8.78 Å². The van der Waals surface area contributed by atoms with Crippen LogP contribution in [0.2, 0.25) is 0 Å². The number of ether oxygens (including phenoxy) is 1. The van der Waals surface area contributed by atoms with E-state index in [0.717, 1.165) is 17.8 Å². The number of benzene rings is 1. The molecule has 1 aromatic heterocycles. The number of nitrogens with zero attached hydrogens (tertiary/aromatic N) is 2. The number of hydrogen-bond acceptors (Lipinski definition) is 5. The van der Waals surface area contributed by atoms with E-state index >= 15 is 0 Å². The van der Waals surface area contributed by atoms with Crippen LogP contribution in [0.5, 0.6) is 5.75 Å². The van der Waals surface area contributed by atoms with Crippen molar-refractivity contribution < 1.29 is 21.9 Å². The van der Waals surface area contributed by atoms with Gasteiger partial charge in [-0.1, -0.05) is 25.1 Å². The summed E-state index contributed by atoms with van der Waals surface area (Å²) in [7, 11) is -1.87. The topological polar surface area (TPSA) is 99.4 Å². The Morgan fingerprint density at radius 3 is 2.41 bits per heavy atom. The number of halogens is 2. The van der Waals surface area contributed by atoms with Crippen LogP contribution >= 0.6 is 0 Å². The number of sulfonamides is 1. The number of alkyl halides is 2. The molecule has 0 radical (unpaired) electrons. The van der Waals surface area contributed by atoms with E-state index in [-0.39, 0.29) is 17.7 Å². The lowest BCUT2D eigenvalue weighted by Crippen LogP contribution is -2.42. The van der Waals surface area contributed by atoms with Crippen molar-refractivity contribution in [3.8, 4) is 5.75 Å². The summed E-state index contributed by atoms with van der Waals surface area (Å²) in [6.07, 6.45) is 1.12. The zero-order valence-electron chi connectivity index (χ0n) is 14.8. The van der Waals surface area contributed by atoms with Crippen molar-refractivity contribution >= 4 is 10.0 Å². The summed E-state index contributed by atoms with van der Waals surface area (Å²) in [4.78, 5) is 23.3. The molecule has 0 amide bonds. The van der Waals surface area contributed by atoms with Crippen LogP contribution in [-0.4, -0.2) is 24.2 Å². The van der Waals surface area contributed by atoms with Crippen molar-refractivity contribution in [3.05, 3.63) is 56.9 Å². The second kappa shape index (κ2) is 8.01. The normalized spacial score (nSPS) is 13.0. The highest BCUT2D eigenvalue weighted by atomic mass is 32.2. The molecule has 0 fully saturated rings. The van der Waals surface area contributed by atoms with Gasteiger partial charge in [-0.25, -0.2) is 17.9 Å². The summed E-state index contributed by atoms with van der Waals surface area (Å²) in [5.41, 5.74) is -1.47. The molecule has 0 aliphatic rings. The Balaban J connectivity index is 2.48. The van der Waals surface area contributed by atoms with Crippen LogP contribution in [-0.2, 0) is 24.1 Å². The average Bonchev–Trinajstić information content (AvgIpc) is 2.61. The molecule has 1 heterocycles. The summed E-state index contributed by atoms with van der Waals surface area (Å²) < 4.78 is 59.1. The molecule has 0 aliphatic heterocycles. The van der Waals surface area contributed by atoms with Gasteiger partial charge in [0.15, 0.2) is 4.90 Å². The minimum Gasteiger partial charge on any atom is -0.434 e. The fraction of sp³-hybridized carbons (Fsp3) is 0.375. The molecular weight excluding hydrogens is 384 g/mol. The molecule has 0 spiro atoms. The Bertz CT molecular complexity index is 1050. The van der Waals surface area contributed by atoms with Gasteiger partial charge in [0.1, 0.15) is 5.75 Å². The van der Waals surface area contributed by atoms with Gasteiger partial charge in [-0.15, -0.1) is 0 Å². The second-order valence-electron chi connectivity index (χ2n) is 5.75. The number of aryl methyl sites for hydroxylation is 1. The van der Waals surface area contributed by atoms with Gasteiger partial charge in [-0.3, -0.25) is 9.36 Å². The van der Waals surface area contributed by atoms with Crippen molar-refractivity contribution in [3.63, 3.8) is 0 Å². The number of aromatic nitrogens is 2. The minimum atomic E-state index is -4.34. The van der Waals surface area contributed by atoms with Gasteiger partial charge in [0.2, 0.25) is 10.0 Å². The molecule has 0 saturated heterocycles. The Hall–Kier alpha value is -2.53. The van der Waals surface area contributed by atoms with Crippen LogP contribution in [0.4, 0.5) is 8.78 Å². The molecule has 1 aromatic carbocycles. The van der Waals surface area contributed by atoms with Gasteiger partial charge in [0.05, 0.1) is 6.04 Å². The number of para-hydroxylation sites is 1. The van der Waals surface area contributed by atoms with Crippen LogP contribution in [0.25, 0.3) is 0 Å². The van der Waals surface area contributed by atoms with Crippen molar-refractivity contribution in [2.24, 2.45) is 14.1 Å². The van der Waals surface area contributed by atoms with E-state index in [2.05, 4.69) is 9.46 Å². The molecule has 0 saturated carbocycles. The van der Waals surface area contributed by atoms with E-state index in [1.807, 2.05) is 0 Å². The van der Waals surface area contributed by atoms with Gasteiger partial charge >= 0.3 is 12.3 Å². The zero-order chi connectivity index (χ0) is 20.4. The molecule has 2 rings (SSSR count). The number of hydrogen-bond donors (Lipinski definition) is 1. The Labute approximate surface area is 154 Å². The second-order valence-corrected chi connectivity index (χ2v) is 7.43. The summed E-state index contributed by atoms with van der Waals surface area (Å²) in [6, 6.07) is 4.85. The lowest BCUT2D eigenvalue weighted by atomic mass is 10.0. The molecule has 0 aliphatic carbocycles. The summed E-state index contributed by atoms with van der Waals surface area (Å²) in [5, 5.41) is 0. The molecule has 8 nitrogen and oxygen atoms in total. The molecular formula is C16H19F2N3O5S. The first kappa shape index (κ1) is 20.8. The molecule has 148 valence electrons. The molecule has 2 aromatic rings. The van der Waals surface area contributed by atoms with E-state index in [1.54, 1.807) is 13.0 Å². The first-order valence-corrected chi connectivity index (χ1v) is 9.39. The number of nitrogens with one attached hydrogen (secondary N) is 1. The van der Waals surface area contributed by atoms with Crippen molar-refractivity contribution in [2.75, 3.05) is 0 Å². The molecule has 27 heavy (non-hydrogen) atoms. The first-order chi connectivity index (χ1) is 12.6. The summed E-state index contributed by atoms with van der Waals surface area (Å²) >= 11 is 0. The van der Waals surface area contributed by atoms with Gasteiger partial charge in [0.25, 0.3) is 5.56 Å². The van der Waals surface area contributed by atoms with Crippen LogP contribution in [0.3, 0.4) is 0 Å². The van der Waals surface area contributed by atoms with Crippen molar-refractivity contribution in [1.29, 1.82) is 0 Å². The van der Waals surface area contributed by atoms with Gasteiger partial charge in [0, 0.05) is 25.9 Å². The van der Waals surface area contributed by atoms with Gasteiger partial charge in [-0.05, 0) is 12.5 Å². The van der Waals surface area contributed by atoms with E-state index in [9.17, 15) is 26.8 Å². The maximum Gasteiger partial charge on any atom is 0.387 e. The zero-order valence-corrected chi connectivity index (χ0v) is 15.7.